The first-order valence-corrected chi connectivity index (χ1v) is 13.0. The lowest BCUT2D eigenvalue weighted by Crippen LogP contribution is -2.28. The molecule has 2 heterocycles. The van der Waals surface area contributed by atoms with Crippen molar-refractivity contribution in [3.05, 3.63) is 59.5 Å². The second-order valence-electron chi connectivity index (χ2n) is 8.79. The van der Waals surface area contributed by atoms with E-state index in [1.165, 1.54) is 6.33 Å². The molecule has 0 radical (unpaired) electrons. The van der Waals surface area contributed by atoms with Crippen LogP contribution in [0.25, 0.3) is 10.9 Å². The Kier molecular flexibility index (Phi) is 9.53. The number of nitrogens with two attached hydrogens (primary N) is 1. The van der Waals surface area contributed by atoms with Crippen molar-refractivity contribution >= 4 is 45.7 Å². The number of likely N-dealkylation sites (N-methyl/N-ethyl adjacent to an activating group) is 1. The molecule has 0 aliphatic carbocycles. The SMILES string of the molecule is CCN(CCO)CCCOc1cc2ncnc(N(c3cccc(Cl)c3)c3cc(CC(N)=O)[nH]n3)c2cc1OC. The smallest absolute Gasteiger partial charge is 0.223 e. The lowest BCUT2D eigenvalue weighted by Gasteiger charge is -2.23. The van der Waals surface area contributed by atoms with Gasteiger partial charge in [0.15, 0.2) is 17.3 Å². The Hall–Kier alpha value is -3.93. The van der Waals surface area contributed by atoms with Crippen LogP contribution in [0, 0.1) is 0 Å². The molecule has 0 saturated heterocycles. The van der Waals surface area contributed by atoms with E-state index in [0.29, 0.717) is 63.6 Å². The van der Waals surface area contributed by atoms with Crippen molar-refractivity contribution in [1.82, 2.24) is 25.1 Å². The van der Waals surface area contributed by atoms with E-state index < -0.39 is 5.91 Å². The zero-order valence-electron chi connectivity index (χ0n) is 21.9. The zero-order chi connectivity index (χ0) is 27.8. The standard InChI is InChI=1S/C27H32ClN7O4/c1-3-34(9-10-36)8-5-11-39-24-16-22-21(15-23(24)38-2)27(31-17-30-22)35(20-7-4-6-18(28)12-20)26-14-19(32-33-26)13-25(29)37/h4,6-7,12,14-17,36H,3,5,8-11,13H2,1-2H3,(H2,29,37)(H,32,33). The van der Waals surface area contributed by atoms with Gasteiger partial charge in [-0.1, -0.05) is 24.6 Å². The number of methoxy groups -OCH3 is 1. The molecule has 206 valence electrons. The Morgan fingerprint density at radius 2 is 2.00 bits per heavy atom. The Morgan fingerprint density at radius 3 is 2.72 bits per heavy atom. The summed E-state index contributed by atoms with van der Waals surface area (Å²) in [5.74, 6) is 1.66. The number of nitrogens with one attached hydrogen (secondary N) is 1. The van der Waals surface area contributed by atoms with Gasteiger partial charge in [-0.25, -0.2) is 9.97 Å². The number of ether oxygens (including phenoxy) is 2. The Bertz CT molecular complexity index is 1410. The van der Waals surface area contributed by atoms with Gasteiger partial charge in [0, 0.05) is 41.3 Å². The first kappa shape index (κ1) is 28.1. The van der Waals surface area contributed by atoms with Gasteiger partial charge < -0.3 is 25.2 Å². The number of halogens is 1. The molecule has 4 N–H and O–H groups in total. The highest BCUT2D eigenvalue weighted by Gasteiger charge is 2.22. The summed E-state index contributed by atoms with van der Waals surface area (Å²) in [7, 11) is 1.58. The van der Waals surface area contributed by atoms with E-state index >= 15 is 0 Å². The molecule has 0 aliphatic heterocycles. The molecule has 2 aromatic carbocycles. The maximum absolute atomic E-state index is 11.5. The predicted molar refractivity (Wildman–Crippen MR) is 150 cm³/mol. The third-order valence-electron chi connectivity index (χ3n) is 6.13. The fourth-order valence-electron chi connectivity index (χ4n) is 4.26. The largest absolute Gasteiger partial charge is 0.493 e. The van der Waals surface area contributed by atoms with Gasteiger partial charge >= 0.3 is 0 Å². The summed E-state index contributed by atoms with van der Waals surface area (Å²) in [4.78, 5) is 24.5. The molecule has 4 aromatic rings. The van der Waals surface area contributed by atoms with Gasteiger partial charge in [-0.2, -0.15) is 5.10 Å². The number of nitrogens with zero attached hydrogens (tertiary/aromatic N) is 5. The van der Waals surface area contributed by atoms with Gasteiger partial charge in [0.25, 0.3) is 0 Å². The third-order valence-corrected chi connectivity index (χ3v) is 6.36. The van der Waals surface area contributed by atoms with E-state index in [9.17, 15) is 9.90 Å². The quantitative estimate of drug-likeness (QED) is 0.200. The van der Waals surface area contributed by atoms with Gasteiger partial charge in [0.05, 0.1) is 37.9 Å². The number of hydrogen-bond donors (Lipinski definition) is 3. The number of carbonyl (C=O) groups is 1. The number of fused-ring (bicyclic) bond motifs is 1. The van der Waals surface area contributed by atoms with Crippen LogP contribution in [-0.4, -0.2) is 76.0 Å². The molecule has 1 amide bonds. The van der Waals surface area contributed by atoms with Crippen LogP contribution in [-0.2, 0) is 11.2 Å². The highest BCUT2D eigenvalue weighted by molar-refractivity contribution is 6.30. The first-order valence-electron chi connectivity index (χ1n) is 12.6. The predicted octanol–water partition coefficient (Wildman–Crippen LogP) is 3.60. The summed E-state index contributed by atoms with van der Waals surface area (Å²) in [6, 6.07) is 12.7. The number of primary amides is 1. The summed E-state index contributed by atoms with van der Waals surface area (Å²) in [5.41, 5.74) is 7.30. The van der Waals surface area contributed by atoms with E-state index in [1.807, 2.05) is 29.2 Å². The van der Waals surface area contributed by atoms with Crippen LogP contribution in [0.1, 0.15) is 19.0 Å². The molecule has 11 nitrogen and oxygen atoms in total. The molecule has 0 saturated carbocycles. The van der Waals surface area contributed by atoms with Gasteiger partial charge in [0.2, 0.25) is 5.91 Å². The second-order valence-corrected chi connectivity index (χ2v) is 9.22. The highest BCUT2D eigenvalue weighted by Crippen LogP contribution is 2.40. The number of benzene rings is 2. The van der Waals surface area contributed by atoms with Crippen LogP contribution in [0.15, 0.2) is 48.8 Å². The maximum atomic E-state index is 11.5. The number of carbonyl (C=O) groups excluding carboxylic acids is 1. The minimum absolute atomic E-state index is 0.0193. The molecule has 0 unspecified atom stereocenters. The van der Waals surface area contributed by atoms with E-state index in [-0.39, 0.29) is 13.0 Å². The lowest BCUT2D eigenvalue weighted by molar-refractivity contribution is -0.117. The van der Waals surface area contributed by atoms with Crippen molar-refractivity contribution in [1.29, 1.82) is 0 Å². The van der Waals surface area contributed by atoms with Gasteiger partial charge in [0.1, 0.15) is 12.1 Å². The summed E-state index contributed by atoms with van der Waals surface area (Å²) in [5, 5.41) is 17.7. The van der Waals surface area contributed by atoms with Crippen molar-refractivity contribution < 1.29 is 19.4 Å². The van der Waals surface area contributed by atoms with Crippen molar-refractivity contribution in [2.45, 2.75) is 19.8 Å². The summed E-state index contributed by atoms with van der Waals surface area (Å²) in [6.45, 7) is 4.99. The average molecular weight is 554 g/mol. The molecule has 4 rings (SSSR count). The minimum Gasteiger partial charge on any atom is -0.493 e. The number of rotatable bonds is 14. The molecule has 39 heavy (non-hydrogen) atoms. The van der Waals surface area contributed by atoms with Crippen LogP contribution in [0.3, 0.4) is 0 Å². The molecule has 2 aromatic heterocycles. The van der Waals surface area contributed by atoms with Crippen LogP contribution < -0.4 is 20.1 Å². The Balaban J connectivity index is 1.70. The van der Waals surface area contributed by atoms with Crippen LogP contribution in [0.2, 0.25) is 5.02 Å². The molecular weight excluding hydrogens is 522 g/mol. The maximum Gasteiger partial charge on any atom is 0.223 e. The molecule has 0 aliphatic rings. The minimum atomic E-state index is -0.472. The normalized spacial score (nSPS) is 11.2. The first-order chi connectivity index (χ1) is 18.9. The molecule has 12 heteroatoms. The topological polar surface area (TPSA) is 143 Å². The number of hydrogen-bond acceptors (Lipinski definition) is 9. The molecular formula is C27H32ClN7O4. The number of amides is 1. The van der Waals surface area contributed by atoms with Crippen molar-refractivity contribution in [2.75, 3.05) is 44.9 Å². The van der Waals surface area contributed by atoms with Crippen molar-refractivity contribution in [3.63, 3.8) is 0 Å². The Morgan fingerprint density at radius 1 is 1.15 bits per heavy atom. The summed E-state index contributed by atoms with van der Waals surface area (Å²) in [6.07, 6.45) is 2.28. The third kappa shape index (κ3) is 6.94. The summed E-state index contributed by atoms with van der Waals surface area (Å²) < 4.78 is 11.7. The average Bonchev–Trinajstić information content (AvgIpc) is 3.37. The highest BCUT2D eigenvalue weighted by atomic mass is 35.5. The number of anilines is 3. The second kappa shape index (κ2) is 13.2. The molecule has 0 spiro atoms. The lowest BCUT2D eigenvalue weighted by atomic mass is 10.1. The number of aromatic nitrogens is 4. The van der Waals surface area contributed by atoms with Crippen LogP contribution >= 0.6 is 11.6 Å². The number of aromatic amines is 1. The molecule has 0 bridgehead atoms. The van der Waals surface area contributed by atoms with Crippen molar-refractivity contribution in [2.24, 2.45) is 5.73 Å². The molecule has 0 atom stereocenters. The van der Waals surface area contributed by atoms with Gasteiger partial charge in [-0.05, 0) is 37.2 Å². The number of H-pyrrole nitrogens is 1. The molecule has 0 fully saturated rings. The monoisotopic (exact) mass is 553 g/mol. The van der Waals surface area contributed by atoms with Crippen LogP contribution in [0.5, 0.6) is 11.5 Å². The number of aliphatic hydroxyl groups excluding tert-OH is 1. The van der Waals surface area contributed by atoms with Crippen molar-refractivity contribution in [3.8, 4) is 11.5 Å². The fraction of sp³-hybridized carbons (Fsp3) is 0.333. The van der Waals surface area contributed by atoms with E-state index in [0.717, 1.165) is 19.5 Å². The number of aliphatic hydroxyl groups is 1. The van der Waals surface area contributed by atoms with E-state index in [1.54, 1.807) is 25.3 Å². The summed E-state index contributed by atoms with van der Waals surface area (Å²) >= 11 is 6.33. The van der Waals surface area contributed by atoms with Gasteiger partial charge in [-0.15, -0.1) is 0 Å². The van der Waals surface area contributed by atoms with E-state index in [4.69, 9.17) is 26.8 Å². The van der Waals surface area contributed by atoms with Crippen LogP contribution in [0.4, 0.5) is 17.3 Å². The van der Waals surface area contributed by atoms with Gasteiger partial charge in [-0.3, -0.25) is 14.8 Å². The zero-order valence-corrected chi connectivity index (χ0v) is 22.7. The Labute approximate surface area is 231 Å². The fourth-order valence-corrected chi connectivity index (χ4v) is 4.45. The van der Waals surface area contributed by atoms with E-state index in [2.05, 4.69) is 32.0 Å².